The van der Waals surface area contributed by atoms with E-state index in [9.17, 15) is 10.1 Å². The summed E-state index contributed by atoms with van der Waals surface area (Å²) >= 11 is 0. The maximum Gasteiger partial charge on any atom is 0.265 e. The molecule has 5 rings (SSSR count). The lowest BCUT2D eigenvalue weighted by atomic mass is 9.83. The minimum Gasteiger partial charge on any atom is -0.473 e. The van der Waals surface area contributed by atoms with Gasteiger partial charge in [-0.05, 0) is 58.8 Å². The van der Waals surface area contributed by atoms with E-state index in [1.165, 1.54) is 6.08 Å². The van der Waals surface area contributed by atoms with E-state index in [0.717, 1.165) is 24.9 Å². The van der Waals surface area contributed by atoms with Crippen LogP contribution in [-0.2, 0) is 10.2 Å². The van der Waals surface area contributed by atoms with Gasteiger partial charge in [0.1, 0.15) is 18.0 Å². The smallest absolute Gasteiger partial charge is 0.265 e. The zero-order chi connectivity index (χ0) is 29.9. The van der Waals surface area contributed by atoms with Gasteiger partial charge in [-0.1, -0.05) is 36.9 Å². The van der Waals surface area contributed by atoms with Crippen LogP contribution in [0.5, 0.6) is 11.8 Å². The van der Waals surface area contributed by atoms with Crippen molar-refractivity contribution in [3.05, 3.63) is 66.6 Å². The third kappa shape index (κ3) is 6.16. The Morgan fingerprint density at radius 1 is 1.29 bits per heavy atom. The first-order valence-corrected chi connectivity index (χ1v) is 14.4. The molecule has 0 spiro atoms. The Morgan fingerprint density at radius 2 is 2.05 bits per heavy atom. The fraction of sp³-hybridized carbons (Fsp3) is 0.469. The maximum absolute atomic E-state index is 12.4. The summed E-state index contributed by atoms with van der Waals surface area (Å²) in [4.78, 5) is 30.2. The van der Waals surface area contributed by atoms with Gasteiger partial charge in [0, 0.05) is 23.9 Å². The molecule has 3 aromatic rings. The number of nitriles is 1. The molecule has 10 heteroatoms. The standard InChI is InChI=1S/C32H38N6O4/c1-6-29(39)38-20-24(17-23(38)14-15-33)41-28-18-27(40-21(2)25-13-10-16-37(25)5)35-30(36-28)31-34-19-26(42-31)32(3,4)22-11-8-7-9-12-22/h6-9,11-12,18-19,21,23-25H,1,10,13-14,16-17,20H2,2-5H3/t21-,23+,24+,25-/m0/s1. The van der Waals surface area contributed by atoms with Crippen LogP contribution in [0.1, 0.15) is 57.8 Å². The molecule has 2 aromatic heterocycles. The third-order valence-electron chi connectivity index (χ3n) is 8.36. The number of carbonyl (C=O) groups excluding carboxylic acids is 1. The average Bonchev–Trinajstić information content (AvgIpc) is 3.74. The van der Waals surface area contributed by atoms with Gasteiger partial charge in [-0.25, -0.2) is 4.98 Å². The van der Waals surface area contributed by atoms with E-state index in [1.54, 1.807) is 17.2 Å². The molecule has 0 N–H and O–H groups in total. The van der Waals surface area contributed by atoms with E-state index in [2.05, 4.69) is 65.5 Å². The quantitative estimate of drug-likeness (QED) is 0.318. The Bertz CT molecular complexity index is 1450. The minimum absolute atomic E-state index is 0.113. The number of rotatable bonds is 10. The van der Waals surface area contributed by atoms with Crippen LogP contribution in [0.4, 0.5) is 0 Å². The van der Waals surface area contributed by atoms with Crippen molar-refractivity contribution in [3.63, 3.8) is 0 Å². The summed E-state index contributed by atoms with van der Waals surface area (Å²) in [5.74, 6) is 1.60. The Kier molecular flexibility index (Phi) is 8.59. The topological polar surface area (TPSA) is 118 Å². The maximum atomic E-state index is 12.4. The fourth-order valence-electron chi connectivity index (χ4n) is 5.90. The highest BCUT2D eigenvalue weighted by molar-refractivity contribution is 5.87. The van der Waals surface area contributed by atoms with Crippen molar-refractivity contribution in [1.29, 1.82) is 5.26 Å². The van der Waals surface area contributed by atoms with Crippen molar-refractivity contribution in [2.75, 3.05) is 20.1 Å². The van der Waals surface area contributed by atoms with Gasteiger partial charge < -0.3 is 18.8 Å². The molecule has 1 aromatic carbocycles. The predicted octanol–water partition coefficient (Wildman–Crippen LogP) is 4.77. The van der Waals surface area contributed by atoms with Crippen LogP contribution in [0.3, 0.4) is 0 Å². The van der Waals surface area contributed by atoms with Crippen LogP contribution in [0, 0.1) is 11.3 Å². The van der Waals surface area contributed by atoms with Gasteiger partial charge in [-0.15, -0.1) is 0 Å². The van der Waals surface area contributed by atoms with Crippen LogP contribution >= 0.6 is 0 Å². The summed E-state index contributed by atoms with van der Waals surface area (Å²) in [6.45, 7) is 11.2. The first-order chi connectivity index (χ1) is 20.2. The number of amides is 1. The van der Waals surface area contributed by atoms with Crippen LogP contribution < -0.4 is 9.47 Å². The van der Waals surface area contributed by atoms with Gasteiger partial charge in [-0.2, -0.15) is 15.2 Å². The number of benzene rings is 1. The van der Waals surface area contributed by atoms with Gasteiger partial charge >= 0.3 is 0 Å². The molecule has 10 nitrogen and oxygen atoms in total. The summed E-state index contributed by atoms with van der Waals surface area (Å²) in [5.41, 5.74) is 0.665. The summed E-state index contributed by atoms with van der Waals surface area (Å²) in [7, 11) is 2.11. The molecule has 0 radical (unpaired) electrons. The van der Waals surface area contributed by atoms with Crippen molar-refractivity contribution < 1.29 is 18.7 Å². The largest absolute Gasteiger partial charge is 0.473 e. The number of ether oxygens (including phenoxy) is 2. The number of aromatic nitrogens is 3. The molecule has 1 amide bonds. The molecule has 0 saturated carbocycles. The van der Waals surface area contributed by atoms with Gasteiger partial charge in [0.15, 0.2) is 0 Å². The van der Waals surface area contributed by atoms with E-state index in [-0.39, 0.29) is 54.2 Å². The van der Waals surface area contributed by atoms with Crippen molar-refractivity contribution >= 4 is 5.91 Å². The molecular weight excluding hydrogens is 532 g/mol. The second kappa shape index (κ2) is 12.3. The number of likely N-dealkylation sites (tertiary alicyclic amines) is 2. The molecule has 0 unspecified atom stereocenters. The van der Waals surface area contributed by atoms with Gasteiger partial charge in [0.2, 0.25) is 23.5 Å². The fourth-order valence-corrected chi connectivity index (χ4v) is 5.90. The highest BCUT2D eigenvalue weighted by atomic mass is 16.5. The summed E-state index contributed by atoms with van der Waals surface area (Å²) in [6, 6.07) is 13.9. The summed E-state index contributed by atoms with van der Waals surface area (Å²) in [5, 5.41) is 9.29. The number of oxazole rings is 1. The predicted molar refractivity (Wildman–Crippen MR) is 157 cm³/mol. The monoisotopic (exact) mass is 570 g/mol. The Labute approximate surface area is 247 Å². The van der Waals surface area contributed by atoms with E-state index in [1.807, 2.05) is 25.1 Å². The lowest BCUT2D eigenvalue weighted by Crippen LogP contribution is -2.38. The molecule has 2 saturated heterocycles. The number of carbonyl (C=O) groups is 1. The molecule has 220 valence electrons. The molecule has 0 bridgehead atoms. The molecule has 2 aliphatic heterocycles. The molecular formula is C32H38N6O4. The van der Waals surface area contributed by atoms with Crippen molar-refractivity contribution in [2.45, 2.75) is 76.2 Å². The minimum atomic E-state index is -0.428. The van der Waals surface area contributed by atoms with Crippen molar-refractivity contribution in [2.24, 2.45) is 0 Å². The molecule has 4 heterocycles. The van der Waals surface area contributed by atoms with Gasteiger partial charge in [0.05, 0.1) is 31.3 Å². The Morgan fingerprint density at radius 3 is 2.74 bits per heavy atom. The Hall–Kier alpha value is -4.23. The van der Waals surface area contributed by atoms with Gasteiger partial charge in [-0.3, -0.25) is 9.69 Å². The normalized spacial score (nSPS) is 21.6. The van der Waals surface area contributed by atoms with E-state index < -0.39 is 5.41 Å². The van der Waals surface area contributed by atoms with E-state index in [4.69, 9.17) is 13.9 Å². The molecule has 2 fully saturated rings. The third-order valence-corrected chi connectivity index (χ3v) is 8.36. The number of likely N-dealkylation sites (N-methyl/N-ethyl adjacent to an activating group) is 1. The van der Waals surface area contributed by atoms with Crippen LogP contribution in [0.2, 0.25) is 0 Å². The first kappa shape index (κ1) is 29.3. The number of nitrogens with zero attached hydrogens (tertiary/aromatic N) is 6. The second-order valence-electron chi connectivity index (χ2n) is 11.6. The summed E-state index contributed by atoms with van der Waals surface area (Å²) < 4.78 is 18.9. The van der Waals surface area contributed by atoms with Crippen LogP contribution in [0.25, 0.3) is 11.7 Å². The number of hydrogen-bond acceptors (Lipinski definition) is 9. The molecule has 4 atom stereocenters. The molecule has 2 aliphatic rings. The SMILES string of the molecule is C=CC(=O)N1C[C@H](Oc2cc(O[C@@H](C)[C@@H]3CCCN3C)nc(-c3ncc(C(C)(C)c4ccccc4)o3)n2)C[C@H]1CC#N. The molecule has 42 heavy (non-hydrogen) atoms. The lowest BCUT2D eigenvalue weighted by molar-refractivity contribution is -0.126. The van der Waals surface area contributed by atoms with Crippen LogP contribution in [-0.4, -0.2) is 75.1 Å². The average molecular weight is 571 g/mol. The zero-order valence-electron chi connectivity index (χ0n) is 24.7. The van der Waals surface area contributed by atoms with E-state index >= 15 is 0 Å². The van der Waals surface area contributed by atoms with E-state index in [0.29, 0.717) is 24.6 Å². The highest BCUT2D eigenvalue weighted by Gasteiger charge is 2.36. The highest BCUT2D eigenvalue weighted by Crippen LogP contribution is 2.34. The van der Waals surface area contributed by atoms with Crippen molar-refractivity contribution in [1.82, 2.24) is 24.8 Å². The second-order valence-corrected chi connectivity index (χ2v) is 11.6. The number of hydrogen-bond donors (Lipinski definition) is 0. The lowest BCUT2D eigenvalue weighted by Gasteiger charge is -2.26. The van der Waals surface area contributed by atoms with Crippen molar-refractivity contribution in [3.8, 4) is 29.5 Å². The molecule has 0 aliphatic carbocycles. The Balaban J connectivity index is 1.44. The van der Waals surface area contributed by atoms with Gasteiger partial charge in [0.25, 0.3) is 5.89 Å². The van der Waals surface area contributed by atoms with Crippen LogP contribution in [0.15, 0.2) is 59.7 Å². The first-order valence-electron chi connectivity index (χ1n) is 14.4. The summed E-state index contributed by atoms with van der Waals surface area (Å²) in [6.07, 6.45) is 5.38. The zero-order valence-corrected chi connectivity index (χ0v) is 24.7.